The number of hydrogen-bond acceptors (Lipinski definition) is 2. The molecule has 1 heterocycles. The standard InChI is InChI=1S/C15H20ClFN2/c1-10-8-19(15(7-18-10)11-5-6-11)9-12-13(16)3-2-4-14(12)17/h2-4,10-11,15,18H,5-9H2,1H3. The first-order chi connectivity index (χ1) is 9.15. The van der Waals surface area contributed by atoms with Crippen LogP contribution in [0, 0.1) is 11.7 Å². The van der Waals surface area contributed by atoms with Crippen molar-refractivity contribution in [2.75, 3.05) is 13.1 Å². The van der Waals surface area contributed by atoms with Gasteiger partial charge in [0.05, 0.1) is 0 Å². The zero-order valence-corrected chi connectivity index (χ0v) is 12.0. The van der Waals surface area contributed by atoms with Gasteiger partial charge in [-0.3, -0.25) is 4.90 Å². The van der Waals surface area contributed by atoms with Gasteiger partial charge < -0.3 is 5.32 Å². The Kier molecular flexibility index (Phi) is 3.79. The number of halogens is 2. The first-order valence-corrected chi connectivity index (χ1v) is 7.43. The molecule has 3 rings (SSSR count). The molecule has 4 heteroatoms. The topological polar surface area (TPSA) is 15.3 Å². The van der Waals surface area contributed by atoms with Crippen molar-refractivity contribution in [3.63, 3.8) is 0 Å². The van der Waals surface area contributed by atoms with E-state index in [2.05, 4.69) is 17.1 Å². The van der Waals surface area contributed by atoms with Gasteiger partial charge in [-0.2, -0.15) is 0 Å². The molecule has 1 saturated carbocycles. The molecule has 0 spiro atoms. The molecule has 2 fully saturated rings. The van der Waals surface area contributed by atoms with Gasteiger partial charge in [0.1, 0.15) is 5.82 Å². The van der Waals surface area contributed by atoms with Crippen LogP contribution in [0.5, 0.6) is 0 Å². The Labute approximate surface area is 118 Å². The van der Waals surface area contributed by atoms with E-state index < -0.39 is 0 Å². The molecule has 0 radical (unpaired) electrons. The summed E-state index contributed by atoms with van der Waals surface area (Å²) in [6.07, 6.45) is 2.62. The van der Waals surface area contributed by atoms with Gasteiger partial charge in [-0.25, -0.2) is 4.39 Å². The summed E-state index contributed by atoms with van der Waals surface area (Å²) in [5.74, 6) is 0.596. The lowest BCUT2D eigenvalue weighted by molar-refractivity contribution is 0.111. The van der Waals surface area contributed by atoms with Crippen LogP contribution in [0.4, 0.5) is 4.39 Å². The maximum Gasteiger partial charge on any atom is 0.129 e. The summed E-state index contributed by atoms with van der Waals surface area (Å²) in [4.78, 5) is 2.41. The van der Waals surface area contributed by atoms with Crippen LogP contribution in [0.3, 0.4) is 0 Å². The van der Waals surface area contributed by atoms with E-state index in [4.69, 9.17) is 11.6 Å². The van der Waals surface area contributed by atoms with Crippen molar-refractivity contribution in [3.8, 4) is 0 Å². The summed E-state index contributed by atoms with van der Waals surface area (Å²) in [6, 6.07) is 5.93. The molecule has 19 heavy (non-hydrogen) atoms. The van der Waals surface area contributed by atoms with Crippen molar-refractivity contribution in [1.82, 2.24) is 10.2 Å². The minimum absolute atomic E-state index is 0.187. The first kappa shape index (κ1) is 13.3. The van der Waals surface area contributed by atoms with Crippen molar-refractivity contribution >= 4 is 11.6 Å². The number of benzene rings is 1. The molecule has 1 N–H and O–H groups in total. The quantitative estimate of drug-likeness (QED) is 0.917. The number of nitrogens with one attached hydrogen (secondary N) is 1. The highest BCUT2D eigenvalue weighted by Crippen LogP contribution is 2.37. The van der Waals surface area contributed by atoms with Gasteiger partial charge in [0, 0.05) is 42.3 Å². The first-order valence-electron chi connectivity index (χ1n) is 7.05. The molecule has 2 nitrogen and oxygen atoms in total. The fourth-order valence-electron chi connectivity index (χ4n) is 3.02. The van der Waals surface area contributed by atoms with Crippen LogP contribution < -0.4 is 5.32 Å². The Morgan fingerprint density at radius 1 is 1.42 bits per heavy atom. The van der Waals surface area contributed by atoms with Gasteiger partial charge >= 0.3 is 0 Å². The molecule has 0 aromatic heterocycles. The third-order valence-electron chi connectivity index (χ3n) is 4.24. The van der Waals surface area contributed by atoms with Gasteiger partial charge in [0.2, 0.25) is 0 Å². The summed E-state index contributed by atoms with van der Waals surface area (Å²) in [6.45, 7) is 4.78. The molecule has 104 valence electrons. The molecule has 0 bridgehead atoms. The Hall–Kier alpha value is -0.640. The lowest BCUT2D eigenvalue weighted by Gasteiger charge is -2.40. The van der Waals surface area contributed by atoms with Gasteiger partial charge in [-0.1, -0.05) is 17.7 Å². The Morgan fingerprint density at radius 2 is 2.21 bits per heavy atom. The SMILES string of the molecule is CC1CN(Cc2c(F)cccc2Cl)C(C2CC2)CN1. The van der Waals surface area contributed by atoms with E-state index in [1.54, 1.807) is 12.1 Å². The van der Waals surface area contributed by atoms with Gasteiger partial charge in [0.25, 0.3) is 0 Å². The summed E-state index contributed by atoms with van der Waals surface area (Å²) < 4.78 is 13.9. The monoisotopic (exact) mass is 282 g/mol. The molecule has 2 aliphatic rings. The molecule has 1 saturated heterocycles. The molecule has 1 aromatic rings. The number of piperazine rings is 1. The third-order valence-corrected chi connectivity index (χ3v) is 4.60. The van der Waals surface area contributed by atoms with Crippen molar-refractivity contribution in [2.45, 2.75) is 38.4 Å². The summed E-state index contributed by atoms with van der Waals surface area (Å²) >= 11 is 6.15. The maximum absolute atomic E-state index is 13.9. The average Bonchev–Trinajstić information content (AvgIpc) is 3.18. The maximum atomic E-state index is 13.9. The molecular weight excluding hydrogens is 263 g/mol. The van der Waals surface area contributed by atoms with Crippen molar-refractivity contribution in [1.29, 1.82) is 0 Å². The zero-order chi connectivity index (χ0) is 13.4. The van der Waals surface area contributed by atoms with E-state index >= 15 is 0 Å². The fraction of sp³-hybridized carbons (Fsp3) is 0.600. The van der Waals surface area contributed by atoms with E-state index in [0.29, 0.717) is 29.2 Å². The molecule has 2 atom stereocenters. The highest BCUT2D eigenvalue weighted by molar-refractivity contribution is 6.31. The van der Waals surface area contributed by atoms with Gasteiger partial charge in [-0.05, 0) is 37.8 Å². The molecule has 2 unspecified atom stereocenters. The second-order valence-electron chi connectivity index (χ2n) is 5.84. The van der Waals surface area contributed by atoms with Gasteiger partial charge in [-0.15, -0.1) is 0 Å². The zero-order valence-electron chi connectivity index (χ0n) is 11.2. The number of rotatable bonds is 3. The largest absolute Gasteiger partial charge is 0.311 e. The lowest BCUT2D eigenvalue weighted by Crippen LogP contribution is -2.55. The van der Waals surface area contributed by atoms with E-state index in [9.17, 15) is 4.39 Å². The Balaban J connectivity index is 1.79. The lowest BCUT2D eigenvalue weighted by atomic mass is 10.0. The predicted octanol–water partition coefficient (Wildman–Crippen LogP) is 3.05. The molecule has 1 aromatic carbocycles. The van der Waals surface area contributed by atoms with Crippen LogP contribution in [-0.2, 0) is 6.54 Å². The Morgan fingerprint density at radius 3 is 2.89 bits per heavy atom. The number of hydrogen-bond donors (Lipinski definition) is 1. The molecule has 1 aliphatic carbocycles. The highest BCUT2D eigenvalue weighted by Gasteiger charge is 2.38. The Bertz CT molecular complexity index is 441. The van der Waals surface area contributed by atoms with Crippen LogP contribution in [-0.4, -0.2) is 30.1 Å². The smallest absolute Gasteiger partial charge is 0.129 e. The summed E-state index contributed by atoms with van der Waals surface area (Å²) in [5, 5.41) is 4.07. The van der Waals surface area contributed by atoms with Crippen molar-refractivity contribution in [2.24, 2.45) is 5.92 Å². The normalized spacial score (nSPS) is 28.6. The summed E-state index contributed by atoms with van der Waals surface area (Å²) in [7, 11) is 0. The van der Waals surface area contributed by atoms with Gasteiger partial charge in [0.15, 0.2) is 0 Å². The second-order valence-corrected chi connectivity index (χ2v) is 6.25. The van der Waals surface area contributed by atoms with E-state index in [0.717, 1.165) is 19.0 Å². The molecule has 0 amide bonds. The van der Waals surface area contributed by atoms with Crippen LogP contribution in [0.15, 0.2) is 18.2 Å². The van der Waals surface area contributed by atoms with E-state index in [-0.39, 0.29) is 5.82 Å². The average molecular weight is 283 g/mol. The van der Waals surface area contributed by atoms with Crippen LogP contribution in [0.25, 0.3) is 0 Å². The third kappa shape index (κ3) is 2.93. The minimum Gasteiger partial charge on any atom is -0.311 e. The van der Waals surface area contributed by atoms with Crippen LogP contribution in [0.2, 0.25) is 5.02 Å². The highest BCUT2D eigenvalue weighted by atomic mass is 35.5. The van der Waals surface area contributed by atoms with E-state index in [1.807, 2.05) is 0 Å². The second kappa shape index (κ2) is 5.39. The molecular formula is C15H20ClFN2. The molecule has 1 aliphatic heterocycles. The van der Waals surface area contributed by atoms with Crippen molar-refractivity contribution < 1.29 is 4.39 Å². The van der Waals surface area contributed by atoms with Crippen LogP contribution >= 0.6 is 11.6 Å². The summed E-state index contributed by atoms with van der Waals surface area (Å²) in [5.41, 5.74) is 0.643. The van der Waals surface area contributed by atoms with E-state index in [1.165, 1.54) is 18.9 Å². The van der Waals surface area contributed by atoms with Crippen LogP contribution in [0.1, 0.15) is 25.3 Å². The van der Waals surface area contributed by atoms with Crippen molar-refractivity contribution in [3.05, 3.63) is 34.6 Å². The fourth-order valence-corrected chi connectivity index (χ4v) is 3.24. The minimum atomic E-state index is -0.187. The predicted molar refractivity (Wildman–Crippen MR) is 75.8 cm³/mol. The number of nitrogens with zero attached hydrogens (tertiary/aromatic N) is 1.